The van der Waals surface area contributed by atoms with Gasteiger partial charge < -0.3 is 10.4 Å². The third-order valence-electron chi connectivity index (χ3n) is 2.54. The first-order chi connectivity index (χ1) is 6.18. The van der Waals surface area contributed by atoms with E-state index in [2.05, 4.69) is 5.32 Å². The van der Waals surface area contributed by atoms with E-state index in [0.29, 0.717) is 18.9 Å². The van der Waals surface area contributed by atoms with Crippen LogP contribution in [-0.4, -0.2) is 23.7 Å². The normalized spacial score (nSPS) is 20.2. The zero-order valence-electron chi connectivity index (χ0n) is 8.25. The zero-order valence-corrected chi connectivity index (χ0v) is 8.25. The number of aliphatic hydroxyl groups excluding tert-OH is 1. The minimum absolute atomic E-state index is 0.0906. The second-order valence-corrected chi connectivity index (χ2v) is 4.01. The van der Waals surface area contributed by atoms with Crippen molar-refractivity contribution >= 4 is 5.91 Å². The highest BCUT2D eigenvalue weighted by molar-refractivity contribution is 5.76. The van der Waals surface area contributed by atoms with Crippen molar-refractivity contribution in [1.82, 2.24) is 5.32 Å². The first kappa shape index (κ1) is 10.5. The van der Waals surface area contributed by atoms with Crippen LogP contribution in [0.4, 0.5) is 0 Å². The molecule has 0 aromatic rings. The van der Waals surface area contributed by atoms with Crippen molar-refractivity contribution in [3.63, 3.8) is 0 Å². The van der Waals surface area contributed by atoms with Crippen LogP contribution in [0, 0.1) is 5.92 Å². The first-order valence-corrected chi connectivity index (χ1v) is 5.13. The van der Waals surface area contributed by atoms with Crippen LogP contribution in [0.5, 0.6) is 0 Å². The van der Waals surface area contributed by atoms with E-state index in [9.17, 15) is 4.79 Å². The lowest BCUT2D eigenvalue weighted by Crippen LogP contribution is -2.31. The van der Waals surface area contributed by atoms with Crippen LogP contribution in [0.25, 0.3) is 0 Å². The van der Waals surface area contributed by atoms with Gasteiger partial charge in [0.25, 0.3) is 0 Å². The van der Waals surface area contributed by atoms with Gasteiger partial charge in [0.2, 0.25) is 5.91 Å². The Bertz CT molecular complexity index is 162. The summed E-state index contributed by atoms with van der Waals surface area (Å²) in [5.41, 5.74) is 0. The Balaban J connectivity index is 2.09. The van der Waals surface area contributed by atoms with Gasteiger partial charge in [-0.25, -0.2) is 0 Å². The largest absolute Gasteiger partial charge is 0.392 e. The number of rotatable bonds is 4. The molecule has 0 aromatic carbocycles. The fourth-order valence-electron chi connectivity index (χ4n) is 1.81. The number of aliphatic hydroxyl groups is 1. The molecule has 1 aliphatic carbocycles. The van der Waals surface area contributed by atoms with Crippen LogP contribution < -0.4 is 5.32 Å². The van der Waals surface area contributed by atoms with Gasteiger partial charge in [0.15, 0.2) is 0 Å². The monoisotopic (exact) mass is 185 g/mol. The average Bonchev–Trinajstić information content (AvgIpc) is 2.53. The van der Waals surface area contributed by atoms with Gasteiger partial charge in [-0.1, -0.05) is 12.8 Å². The quantitative estimate of drug-likeness (QED) is 0.688. The molecule has 1 aliphatic rings. The Labute approximate surface area is 79.5 Å². The van der Waals surface area contributed by atoms with Crippen LogP contribution in [0.2, 0.25) is 0 Å². The molecule has 13 heavy (non-hydrogen) atoms. The average molecular weight is 185 g/mol. The Morgan fingerprint density at radius 2 is 2.15 bits per heavy atom. The summed E-state index contributed by atoms with van der Waals surface area (Å²) in [6.07, 6.45) is 5.15. The number of hydrogen-bond acceptors (Lipinski definition) is 2. The maximum Gasteiger partial charge on any atom is 0.220 e. The smallest absolute Gasteiger partial charge is 0.220 e. The van der Waals surface area contributed by atoms with Crippen LogP contribution in [0.3, 0.4) is 0 Å². The summed E-state index contributed by atoms with van der Waals surface area (Å²) < 4.78 is 0. The highest BCUT2D eigenvalue weighted by atomic mass is 16.3. The third-order valence-corrected chi connectivity index (χ3v) is 2.54. The van der Waals surface area contributed by atoms with Gasteiger partial charge in [0.05, 0.1) is 6.10 Å². The molecule has 1 amide bonds. The maximum absolute atomic E-state index is 11.3. The first-order valence-electron chi connectivity index (χ1n) is 5.13. The molecule has 3 heteroatoms. The lowest BCUT2D eigenvalue weighted by atomic mass is 10.0. The van der Waals surface area contributed by atoms with Crippen molar-refractivity contribution in [3.8, 4) is 0 Å². The molecular weight excluding hydrogens is 166 g/mol. The van der Waals surface area contributed by atoms with Crippen LogP contribution in [0.15, 0.2) is 0 Å². The summed E-state index contributed by atoms with van der Waals surface area (Å²) in [6.45, 7) is 2.06. The van der Waals surface area contributed by atoms with E-state index in [4.69, 9.17) is 5.11 Å². The molecule has 1 fully saturated rings. The van der Waals surface area contributed by atoms with E-state index >= 15 is 0 Å². The van der Waals surface area contributed by atoms with E-state index in [0.717, 1.165) is 0 Å². The molecule has 0 aromatic heterocycles. The number of carbonyl (C=O) groups excluding carboxylic acids is 1. The number of hydrogen-bond donors (Lipinski definition) is 2. The summed E-state index contributed by atoms with van der Waals surface area (Å²) in [5, 5.41) is 11.7. The molecule has 76 valence electrons. The van der Waals surface area contributed by atoms with Crippen LogP contribution in [0.1, 0.15) is 39.0 Å². The van der Waals surface area contributed by atoms with Crippen molar-refractivity contribution in [3.05, 3.63) is 0 Å². The molecule has 3 nitrogen and oxygen atoms in total. The maximum atomic E-state index is 11.3. The van der Waals surface area contributed by atoms with Gasteiger partial charge in [-0.05, 0) is 25.7 Å². The van der Waals surface area contributed by atoms with Crippen molar-refractivity contribution in [2.24, 2.45) is 5.92 Å². The molecule has 0 spiro atoms. The fourth-order valence-corrected chi connectivity index (χ4v) is 1.81. The van der Waals surface area contributed by atoms with Crippen LogP contribution in [-0.2, 0) is 4.79 Å². The van der Waals surface area contributed by atoms with Crippen LogP contribution >= 0.6 is 0 Å². The van der Waals surface area contributed by atoms with Gasteiger partial charge in [-0.3, -0.25) is 4.79 Å². The lowest BCUT2D eigenvalue weighted by Gasteiger charge is -2.10. The summed E-state index contributed by atoms with van der Waals surface area (Å²) >= 11 is 0. The molecule has 0 aliphatic heterocycles. The highest BCUT2D eigenvalue weighted by Gasteiger charge is 2.18. The summed E-state index contributed by atoms with van der Waals surface area (Å²) in [5.74, 6) is 0.682. The van der Waals surface area contributed by atoms with Crippen molar-refractivity contribution in [2.75, 3.05) is 6.54 Å². The minimum Gasteiger partial charge on any atom is -0.392 e. The topological polar surface area (TPSA) is 49.3 Å². The molecule has 0 bridgehead atoms. The zero-order chi connectivity index (χ0) is 9.68. The number of carbonyl (C=O) groups is 1. The third kappa shape index (κ3) is 4.27. The molecule has 1 atom stereocenters. The van der Waals surface area contributed by atoms with Gasteiger partial charge in [-0.2, -0.15) is 0 Å². The van der Waals surface area contributed by atoms with E-state index in [1.165, 1.54) is 25.7 Å². The van der Waals surface area contributed by atoms with Crippen molar-refractivity contribution in [2.45, 2.75) is 45.1 Å². The molecule has 0 heterocycles. The summed E-state index contributed by atoms with van der Waals surface area (Å²) in [7, 11) is 0. The molecule has 1 rings (SSSR count). The summed E-state index contributed by atoms with van der Waals surface area (Å²) in [4.78, 5) is 11.3. The van der Waals surface area contributed by atoms with Crippen molar-refractivity contribution in [1.29, 1.82) is 0 Å². The second kappa shape index (κ2) is 5.22. The highest BCUT2D eigenvalue weighted by Crippen LogP contribution is 2.27. The molecule has 0 radical (unpaired) electrons. The predicted octanol–water partition coefficient (Wildman–Crippen LogP) is 1.06. The predicted molar refractivity (Wildman–Crippen MR) is 51.3 cm³/mol. The second-order valence-electron chi connectivity index (χ2n) is 4.01. The van der Waals surface area contributed by atoms with E-state index in [-0.39, 0.29) is 5.91 Å². The Morgan fingerprint density at radius 1 is 1.54 bits per heavy atom. The Morgan fingerprint density at radius 3 is 2.69 bits per heavy atom. The molecule has 1 unspecified atom stereocenters. The molecular formula is C10H19NO2. The standard InChI is InChI=1S/C10H19NO2/c1-8(12)7-11-10(13)6-9-4-2-3-5-9/h8-9,12H,2-7H2,1H3,(H,11,13). The molecule has 2 N–H and O–H groups in total. The molecule has 1 saturated carbocycles. The molecule has 0 saturated heterocycles. The minimum atomic E-state index is -0.437. The fraction of sp³-hybridized carbons (Fsp3) is 0.900. The summed E-state index contributed by atoms with van der Waals surface area (Å²) in [6, 6.07) is 0. The number of amides is 1. The lowest BCUT2D eigenvalue weighted by molar-refractivity contribution is -0.122. The Hall–Kier alpha value is -0.570. The van der Waals surface area contributed by atoms with Gasteiger partial charge in [-0.15, -0.1) is 0 Å². The van der Waals surface area contributed by atoms with E-state index < -0.39 is 6.10 Å². The van der Waals surface area contributed by atoms with Gasteiger partial charge >= 0.3 is 0 Å². The van der Waals surface area contributed by atoms with E-state index in [1.807, 2.05) is 0 Å². The SMILES string of the molecule is CC(O)CNC(=O)CC1CCCC1. The van der Waals surface area contributed by atoms with Gasteiger partial charge in [0, 0.05) is 13.0 Å². The van der Waals surface area contributed by atoms with E-state index in [1.54, 1.807) is 6.92 Å². The van der Waals surface area contributed by atoms with Crippen molar-refractivity contribution < 1.29 is 9.90 Å². The van der Waals surface area contributed by atoms with Gasteiger partial charge in [0.1, 0.15) is 0 Å². The number of nitrogens with one attached hydrogen (secondary N) is 1. The Kier molecular flexibility index (Phi) is 4.22.